The minimum atomic E-state index is -0.612. The molecule has 6 aromatic rings. The lowest BCUT2D eigenvalue weighted by Crippen LogP contribution is -2.27. The van der Waals surface area contributed by atoms with Crippen molar-refractivity contribution in [1.82, 2.24) is 23.3 Å². The number of para-hydroxylation sites is 1. The minimum absolute atomic E-state index is 0.444. The van der Waals surface area contributed by atoms with Gasteiger partial charge in [-0.3, -0.25) is 18.4 Å². The van der Waals surface area contributed by atoms with Crippen LogP contribution in [0.2, 0.25) is 0 Å². The fourth-order valence-electron chi connectivity index (χ4n) is 4.17. The third kappa shape index (κ3) is 5.23. The average molecular weight is 586 g/mol. The second-order valence-electron chi connectivity index (χ2n) is 9.73. The number of rotatable bonds is 3. The topological polar surface area (TPSA) is 100.0 Å². The van der Waals surface area contributed by atoms with Crippen molar-refractivity contribution in [2.75, 3.05) is 0 Å². The van der Waals surface area contributed by atoms with Gasteiger partial charge in [-0.05, 0) is 73.1 Å². The Morgan fingerprint density at radius 3 is 2.13 bits per heavy atom. The van der Waals surface area contributed by atoms with E-state index in [0.717, 1.165) is 39.2 Å². The van der Waals surface area contributed by atoms with Crippen LogP contribution in [0, 0.1) is 0 Å². The molecule has 1 aromatic carbocycles. The van der Waals surface area contributed by atoms with E-state index in [-0.39, 0.29) is 0 Å². The first-order valence-electron chi connectivity index (χ1n) is 12.0. The molecule has 6 rings (SSSR count). The van der Waals surface area contributed by atoms with Gasteiger partial charge in [0.15, 0.2) is 12.6 Å². The van der Waals surface area contributed by atoms with E-state index in [0.29, 0.717) is 22.7 Å². The predicted molar refractivity (Wildman–Crippen MR) is 151 cm³/mol. The quantitative estimate of drug-likeness (QED) is 0.221. The zero-order chi connectivity index (χ0) is 27.7. The van der Waals surface area contributed by atoms with Gasteiger partial charge >= 0.3 is 6.09 Å². The van der Waals surface area contributed by atoms with Crippen molar-refractivity contribution >= 4 is 56.8 Å². The van der Waals surface area contributed by atoms with Crippen LogP contribution in [0.4, 0.5) is 4.79 Å². The third-order valence-corrected chi connectivity index (χ3v) is 6.33. The van der Waals surface area contributed by atoms with Gasteiger partial charge in [-0.15, -0.1) is 0 Å². The van der Waals surface area contributed by atoms with Crippen molar-refractivity contribution in [2.24, 2.45) is 0 Å². The number of halogens is 1. The molecule has 0 spiro atoms. The number of imidazole rings is 2. The fraction of sp³-hybridized carbons (Fsp3) is 0.138. The van der Waals surface area contributed by atoms with E-state index in [4.69, 9.17) is 4.74 Å². The Hall–Kier alpha value is -4.57. The van der Waals surface area contributed by atoms with Gasteiger partial charge in [-0.2, -0.15) is 0 Å². The standard InChI is InChI=1S/C21H19N3O3.C8H5BrN2O/c1-21(2,3)27-20(26)24-17-7-5-4-6-14(17)10-18(24)15-8-9-19-22-11-16(13-25)23(19)12-15;9-6-1-2-8-10-3-7(5-12)11(8)4-6/h4-13H,1-3H3;1-5H. The molecule has 0 N–H and O–H groups in total. The van der Waals surface area contributed by atoms with Crippen LogP contribution in [0.3, 0.4) is 0 Å². The maximum absolute atomic E-state index is 12.9. The summed E-state index contributed by atoms with van der Waals surface area (Å²) >= 11 is 3.32. The van der Waals surface area contributed by atoms with Crippen LogP contribution < -0.4 is 0 Å². The van der Waals surface area contributed by atoms with E-state index in [1.165, 1.54) is 6.20 Å². The number of benzene rings is 1. The van der Waals surface area contributed by atoms with E-state index >= 15 is 0 Å². The molecular weight excluding hydrogens is 562 g/mol. The summed E-state index contributed by atoms with van der Waals surface area (Å²) in [4.78, 5) is 43.0. The zero-order valence-electron chi connectivity index (χ0n) is 21.4. The molecule has 0 aliphatic rings. The lowest BCUT2D eigenvalue weighted by molar-refractivity contribution is 0.0547. The fourth-order valence-corrected chi connectivity index (χ4v) is 4.51. The number of carbonyl (C=O) groups excluding carboxylic acids is 3. The van der Waals surface area contributed by atoms with Crippen LogP contribution in [0.25, 0.3) is 33.5 Å². The molecular formula is C29H24BrN5O4. The molecule has 0 radical (unpaired) electrons. The van der Waals surface area contributed by atoms with E-state index in [2.05, 4.69) is 25.9 Å². The smallest absolute Gasteiger partial charge is 0.419 e. The molecule has 0 saturated heterocycles. The van der Waals surface area contributed by atoms with E-state index in [1.807, 2.05) is 81.6 Å². The van der Waals surface area contributed by atoms with E-state index in [1.54, 1.807) is 25.8 Å². The number of nitrogens with zero attached hydrogens (tertiary/aromatic N) is 5. The highest BCUT2D eigenvalue weighted by atomic mass is 79.9. The van der Waals surface area contributed by atoms with Gasteiger partial charge in [0, 0.05) is 27.8 Å². The van der Waals surface area contributed by atoms with Crippen molar-refractivity contribution in [3.63, 3.8) is 0 Å². The highest BCUT2D eigenvalue weighted by Crippen LogP contribution is 2.30. The molecule has 9 nitrogen and oxygen atoms in total. The van der Waals surface area contributed by atoms with Crippen molar-refractivity contribution in [3.05, 3.63) is 95.2 Å². The summed E-state index contributed by atoms with van der Waals surface area (Å²) in [6.45, 7) is 5.51. The monoisotopic (exact) mass is 585 g/mol. The molecule has 0 aliphatic carbocycles. The molecule has 0 saturated carbocycles. The number of aromatic nitrogens is 5. The number of aldehydes is 2. The molecule has 0 bridgehead atoms. The number of hydrogen-bond donors (Lipinski definition) is 0. The van der Waals surface area contributed by atoms with Crippen LogP contribution in [0.1, 0.15) is 41.7 Å². The highest BCUT2D eigenvalue weighted by molar-refractivity contribution is 9.10. The molecule has 5 heterocycles. The minimum Gasteiger partial charge on any atom is -0.443 e. The van der Waals surface area contributed by atoms with Gasteiger partial charge in [-0.25, -0.2) is 19.3 Å². The summed E-state index contributed by atoms with van der Waals surface area (Å²) in [5.74, 6) is 0. The largest absolute Gasteiger partial charge is 0.443 e. The van der Waals surface area contributed by atoms with Gasteiger partial charge < -0.3 is 4.74 Å². The molecule has 0 atom stereocenters. The summed E-state index contributed by atoms with van der Waals surface area (Å²) in [5.41, 5.74) is 4.09. The Morgan fingerprint density at radius 2 is 1.49 bits per heavy atom. The maximum Gasteiger partial charge on any atom is 0.419 e. The maximum atomic E-state index is 12.9. The lowest BCUT2D eigenvalue weighted by Gasteiger charge is -2.21. The molecule has 0 aliphatic heterocycles. The SMILES string of the molecule is CC(C)(C)OC(=O)n1c(-c2ccc3ncc(C=O)n3c2)cc2ccccc21.O=Cc1cnc2ccc(Br)cn12. The average Bonchev–Trinajstić information content (AvgIpc) is 3.61. The molecule has 10 heteroatoms. The Bertz CT molecular complexity index is 1860. The number of ether oxygens (including phenoxy) is 1. The second-order valence-corrected chi connectivity index (χ2v) is 10.6. The Balaban J connectivity index is 0.000000214. The summed E-state index contributed by atoms with van der Waals surface area (Å²) in [6, 6.07) is 17.0. The first-order chi connectivity index (χ1) is 18.7. The van der Waals surface area contributed by atoms with Gasteiger partial charge in [0.05, 0.1) is 23.6 Å². The van der Waals surface area contributed by atoms with Crippen LogP contribution in [0.15, 0.2) is 83.9 Å². The molecule has 0 amide bonds. The van der Waals surface area contributed by atoms with Crippen molar-refractivity contribution in [3.8, 4) is 11.3 Å². The van der Waals surface area contributed by atoms with Gasteiger partial charge in [0.2, 0.25) is 0 Å². The highest BCUT2D eigenvalue weighted by Gasteiger charge is 2.23. The zero-order valence-corrected chi connectivity index (χ0v) is 23.0. The van der Waals surface area contributed by atoms with Crippen LogP contribution >= 0.6 is 15.9 Å². The normalized spacial score (nSPS) is 11.4. The number of pyridine rings is 2. The van der Waals surface area contributed by atoms with Crippen molar-refractivity contribution in [2.45, 2.75) is 26.4 Å². The Labute approximate surface area is 231 Å². The summed E-state index contributed by atoms with van der Waals surface area (Å²) < 4.78 is 11.6. The first kappa shape index (κ1) is 26.1. The van der Waals surface area contributed by atoms with Gasteiger partial charge in [0.1, 0.15) is 28.3 Å². The van der Waals surface area contributed by atoms with Crippen LogP contribution in [-0.2, 0) is 4.74 Å². The molecule has 5 aromatic heterocycles. The summed E-state index contributed by atoms with van der Waals surface area (Å²) in [7, 11) is 0. The molecule has 196 valence electrons. The molecule has 39 heavy (non-hydrogen) atoms. The predicted octanol–water partition coefficient (Wildman–Crippen LogP) is 6.46. The lowest BCUT2D eigenvalue weighted by atomic mass is 10.2. The first-order valence-corrected chi connectivity index (χ1v) is 12.8. The number of hydrogen-bond acceptors (Lipinski definition) is 6. The number of fused-ring (bicyclic) bond motifs is 3. The molecule has 0 fully saturated rings. The van der Waals surface area contributed by atoms with E-state index < -0.39 is 11.7 Å². The van der Waals surface area contributed by atoms with Crippen molar-refractivity contribution in [1.29, 1.82) is 0 Å². The second kappa shape index (κ2) is 10.3. The summed E-state index contributed by atoms with van der Waals surface area (Å²) in [5, 5.41) is 0.930. The third-order valence-electron chi connectivity index (χ3n) is 5.86. The molecule has 0 unspecified atom stereocenters. The Kier molecular flexibility index (Phi) is 6.88. The van der Waals surface area contributed by atoms with Gasteiger partial charge in [-0.1, -0.05) is 18.2 Å². The van der Waals surface area contributed by atoms with Crippen LogP contribution in [0.5, 0.6) is 0 Å². The number of carbonyl (C=O) groups is 3. The van der Waals surface area contributed by atoms with Crippen LogP contribution in [-0.4, -0.2) is 47.6 Å². The van der Waals surface area contributed by atoms with Gasteiger partial charge in [0.25, 0.3) is 0 Å². The summed E-state index contributed by atoms with van der Waals surface area (Å²) in [6.07, 6.45) is 7.79. The van der Waals surface area contributed by atoms with E-state index in [9.17, 15) is 14.4 Å². The Morgan fingerprint density at radius 1 is 0.872 bits per heavy atom. The van der Waals surface area contributed by atoms with Crippen molar-refractivity contribution < 1.29 is 19.1 Å².